The highest BCUT2D eigenvalue weighted by Gasteiger charge is 2.09. The normalized spacial score (nSPS) is 9.83. The van der Waals surface area contributed by atoms with Gasteiger partial charge in [0.15, 0.2) is 0 Å². The third-order valence-electron chi connectivity index (χ3n) is 2.47. The van der Waals surface area contributed by atoms with Gasteiger partial charge in [-0.15, -0.1) is 0 Å². The third kappa shape index (κ3) is 2.23. The Morgan fingerprint density at radius 2 is 2.22 bits per heavy atom. The van der Waals surface area contributed by atoms with Crippen molar-refractivity contribution in [2.24, 2.45) is 0 Å². The number of nitrogens with zero attached hydrogens (tertiary/aromatic N) is 2. The lowest BCUT2D eigenvalue weighted by molar-refractivity contribution is 0.622. The maximum Gasteiger partial charge on any atom is 0.149 e. The summed E-state index contributed by atoms with van der Waals surface area (Å²) in [4.78, 5) is 3.99. The summed E-state index contributed by atoms with van der Waals surface area (Å²) >= 11 is 0. The Morgan fingerprint density at radius 3 is 2.94 bits per heavy atom. The van der Waals surface area contributed by atoms with Crippen molar-refractivity contribution in [2.75, 3.05) is 11.1 Å². The molecule has 0 aliphatic carbocycles. The molecule has 0 aliphatic rings. The van der Waals surface area contributed by atoms with E-state index in [4.69, 9.17) is 11.0 Å². The van der Waals surface area contributed by atoms with E-state index in [1.54, 1.807) is 25.1 Å². The number of anilines is 3. The first-order chi connectivity index (χ1) is 8.61. The maximum absolute atomic E-state index is 13.8. The molecular weight excluding hydrogens is 231 g/mol. The lowest BCUT2D eigenvalue weighted by Gasteiger charge is -2.09. The molecule has 0 spiro atoms. The first-order valence-electron chi connectivity index (χ1n) is 5.29. The topological polar surface area (TPSA) is 74.7 Å². The number of nitrogens with two attached hydrogens (primary N) is 1. The standard InChI is InChI=1S/C13H11FN4/c1-8-3-2-4-11(12(8)14)18-13-9(6-15)5-10(16)7-17-13/h2-5,7H,16H2,1H3,(H,17,18). The van der Waals surface area contributed by atoms with Crippen LogP contribution in [0.15, 0.2) is 30.5 Å². The minimum Gasteiger partial charge on any atom is -0.397 e. The zero-order valence-corrected chi connectivity index (χ0v) is 9.74. The molecule has 90 valence electrons. The van der Waals surface area contributed by atoms with Crippen LogP contribution < -0.4 is 11.1 Å². The van der Waals surface area contributed by atoms with Crippen molar-refractivity contribution in [1.29, 1.82) is 5.26 Å². The minimum absolute atomic E-state index is 0.274. The van der Waals surface area contributed by atoms with Crippen LogP contribution in [0.2, 0.25) is 0 Å². The van der Waals surface area contributed by atoms with E-state index in [2.05, 4.69) is 10.3 Å². The van der Waals surface area contributed by atoms with Gasteiger partial charge in [0.25, 0.3) is 0 Å². The highest BCUT2D eigenvalue weighted by molar-refractivity contribution is 5.65. The molecule has 5 heteroatoms. The smallest absolute Gasteiger partial charge is 0.149 e. The minimum atomic E-state index is -0.361. The number of pyridine rings is 1. The number of hydrogen-bond donors (Lipinski definition) is 2. The molecule has 2 rings (SSSR count). The van der Waals surface area contributed by atoms with Crippen molar-refractivity contribution in [3.8, 4) is 6.07 Å². The fraction of sp³-hybridized carbons (Fsp3) is 0.0769. The third-order valence-corrected chi connectivity index (χ3v) is 2.47. The highest BCUT2D eigenvalue weighted by atomic mass is 19.1. The molecule has 0 saturated carbocycles. The van der Waals surface area contributed by atoms with Crippen LogP contribution in [0.4, 0.5) is 21.6 Å². The number of aromatic nitrogens is 1. The zero-order chi connectivity index (χ0) is 13.1. The average molecular weight is 242 g/mol. The van der Waals surface area contributed by atoms with Gasteiger partial charge in [-0.2, -0.15) is 5.26 Å². The van der Waals surface area contributed by atoms with Crippen molar-refractivity contribution in [2.45, 2.75) is 6.92 Å². The molecule has 2 aromatic rings. The van der Waals surface area contributed by atoms with Crippen LogP contribution in [0.3, 0.4) is 0 Å². The van der Waals surface area contributed by atoms with Gasteiger partial charge in [0.1, 0.15) is 17.7 Å². The molecule has 4 nitrogen and oxygen atoms in total. The Balaban J connectivity index is 2.41. The van der Waals surface area contributed by atoms with Crippen molar-refractivity contribution in [3.05, 3.63) is 47.4 Å². The summed E-state index contributed by atoms with van der Waals surface area (Å²) in [5.74, 6) is -0.0729. The van der Waals surface area contributed by atoms with Gasteiger partial charge in [0.05, 0.1) is 23.1 Å². The predicted molar refractivity (Wildman–Crippen MR) is 67.8 cm³/mol. The van der Waals surface area contributed by atoms with Gasteiger partial charge in [-0.3, -0.25) is 0 Å². The fourth-order valence-corrected chi connectivity index (χ4v) is 1.54. The summed E-state index contributed by atoms with van der Waals surface area (Å²) in [7, 11) is 0. The van der Waals surface area contributed by atoms with E-state index in [-0.39, 0.29) is 22.9 Å². The average Bonchev–Trinajstić information content (AvgIpc) is 2.37. The molecule has 0 bridgehead atoms. The first-order valence-corrected chi connectivity index (χ1v) is 5.29. The molecule has 0 saturated heterocycles. The summed E-state index contributed by atoms with van der Waals surface area (Å²) in [6.07, 6.45) is 1.41. The van der Waals surface area contributed by atoms with Gasteiger partial charge in [0, 0.05) is 0 Å². The summed E-state index contributed by atoms with van der Waals surface area (Å²) in [6, 6.07) is 8.43. The molecule has 0 aliphatic heterocycles. The van der Waals surface area contributed by atoms with E-state index < -0.39 is 0 Å². The summed E-state index contributed by atoms with van der Waals surface area (Å²) < 4.78 is 13.8. The number of nitrogens with one attached hydrogen (secondary N) is 1. The van der Waals surface area contributed by atoms with Crippen molar-refractivity contribution in [3.63, 3.8) is 0 Å². The number of hydrogen-bond acceptors (Lipinski definition) is 4. The number of benzene rings is 1. The molecule has 0 unspecified atom stereocenters. The molecule has 1 aromatic heterocycles. The second-order valence-corrected chi connectivity index (χ2v) is 3.84. The van der Waals surface area contributed by atoms with Gasteiger partial charge < -0.3 is 11.1 Å². The lowest BCUT2D eigenvalue weighted by Crippen LogP contribution is -2.01. The molecular formula is C13H11FN4. The molecule has 0 amide bonds. The Labute approximate surface area is 104 Å². The summed E-state index contributed by atoms with van der Waals surface area (Å²) in [5, 5.41) is 11.8. The van der Waals surface area contributed by atoms with Crippen molar-refractivity contribution >= 4 is 17.2 Å². The monoisotopic (exact) mass is 242 g/mol. The second kappa shape index (κ2) is 4.72. The summed E-state index contributed by atoms with van der Waals surface area (Å²) in [6.45, 7) is 1.67. The largest absolute Gasteiger partial charge is 0.397 e. The summed E-state index contributed by atoms with van der Waals surface area (Å²) in [5.41, 5.74) is 7.00. The van der Waals surface area contributed by atoms with Gasteiger partial charge in [0.2, 0.25) is 0 Å². The fourth-order valence-electron chi connectivity index (χ4n) is 1.54. The second-order valence-electron chi connectivity index (χ2n) is 3.84. The lowest BCUT2D eigenvalue weighted by atomic mass is 10.2. The number of rotatable bonds is 2. The Hall–Kier alpha value is -2.61. The van der Waals surface area contributed by atoms with Gasteiger partial charge >= 0.3 is 0 Å². The maximum atomic E-state index is 13.8. The molecule has 0 atom stereocenters. The van der Waals surface area contributed by atoms with E-state index in [0.717, 1.165) is 0 Å². The zero-order valence-electron chi connectivity index (χ0n) is 9.74. The molecule has 1 heterocycles. The molecule has 1 aromatic carbocycles. The van der Waals surface area contributed by atoms with Gasteiger partial charge in [-0.05, 0) is 24.6 Å². The number of aryl methyl sites for hydroxylation is 1. The van der Waals surface area contributed by atoms with Gasteiger partial charge in [-0.1, -0.05) is 12.1 Å². The Morgan fingerprint density at radius 1 is 1.44 bits per heavy atom. The van der Waals surface area contributed by atoms with E-state index >= 15 is 0 Å². The van der Waals surface area contributed by atoms with E-state index in [9.17, 15) is 4.39 Å². The molecule has 18 heavy (non-hydrogen) atoms. The van der Waals surface area contributed by atoms with Crippen LogP contribution in [0.5, 0.6) is 0 Å². The number of halogens is 1. The van der Waals surface area contributed by atoms with E-state index in [0.29, 0.717) is 11.3 Å². The quantitative estimate of drug-likeness (QED) is 0.849. The molecule has 0 fully saturated rings. The SMILES string of the molecule is Cc1cccc(Nc2ncc(N)cc2C#N)c1F. The Kier molecular flexibility index (Phi) is 3.11. The van der Waals surface area contributed by atoms with E-state index in [1.165, 1.54) is 12.3 Å². The van der Waals surface area contributed by atoms with Crippen LogP contribution in [-0.4, -0.2) is 4.98 Å². The van der Waals surface area contributed by atoms with Gasteiger partial charge in [-0.25, -0.2) is 9.37 Å². The number of nitriles is 1. The van der Waals surface area contributed by atoms with Crippen molar-refractivity contribution in [1.82, 2.24) is 4.98 Å². The number of nitrogen functional groups attached to an aromatic ring is 1. The van der Waals surface area contributed by atoms with Crippen molar-refractivity contribution < 1.29 is 4.39 Å². The highest BCUT2D eigenvalue weighted by Crippen LogP contribution is 2.23. The van der Waals surface area contributed by atoms with E-state index in [1.807, 2.05) is 6.07 Å². The van der Waals surface area contributed by atoms with Crippen LogP contribution in [0, 0.1) is 24.1 Å². The molecule has 0 radical (unpaired) electrons. The van der Waals surface area contributed by atoms with Crippen LogP contribution in [0.25, 0.3) is 0 Å². The first kappa shape index (κ1) is 11.9. The van der Waals surface area contributed by atoms with Crippen LogP contribution in [-0.2, 0) is 0 Å². The molecule has 3 N–H and O–H groups in total. The van der Waals surface area contributed by atoms with Crippen LogP contribution in [0.1, 0.15) is 11.1 Å². The van der Waals surface area contributed by atoms with Crippen LogP contribution >= 0.6 is 0 Å². The predicted octanol–water partition coefficient (Wildman–Crippen LogP) is 2.73. The Bertz CT molecular complexity index is 631.